The molecule has 0 fully saturated rings. The van der Waals surface area contributed by atoms with E-state index in [1.807, 2.05) is 12.1 Å². The van der Waals surface area contributed by atoms with Gasteiger partial charge < -0.3 is 10.1 Å². The second-order valence-electron chi connectivity index (χ2n) is 5.57. The molecule has 0 aliphatic heterocycles. The molecule has 0 heterocycles. The summed E-state index contributed by atoms with van der Waals surface area (Å²) in [6, 6.07) is 7.57. The topological polar surface area (TPSA) is 24.5 Å². The fourth-order valence-corrected chi connectivity index (χ4v) is 2.46. The second kappa shape index (κ2) is 9.87. The van der Waals surface area contributed by atoms with Gasteiger partial charge in [0.1, 0.15) is 5.82 Å². The number of nitrogens with one attached hydrogen (secondary N) is 1. The lowest BCUT2D eigenvalue weighted by molar-refractivity contribution is 0.126. The Kier molecular flexibility index (Phi) is 8.50. The van der Waals surface area contributed by atoms with Crippen LogP contribution in [0.15, 0.2) is 24.3 Å². The summed E-state index contributed by atoms with van der Waals surface area (Å²) >= 11 is 0. The summed E-state index contributed by atoms with van der Waals surface area (Å²) in [5.41, 5.74) is 1.15. The van der Waals surface area contributed by atoms with E-state index in [4.69, 9.17) is 4.74 Å². The molecule has 3 nitrogen and oxygen atoms in total. The molecule has 21 heavy (non-hydrogen) atoms. The predicted octanol–water partition coefficient (Wildman–Crippen LogP) is 3.22. The van der Waals surface area contributed by atoms with Crippen molar-refractivity contribution in [2.45, 2.75) is 39.3 Å². The van der Waals surface area contributed by atoms with E-state index in [0.717, 1.165) is 38.2 Å². The van der Waals surface area contributed by atoms with Gasteiger partial charge in [-0.05, 0) is 44.5 Å². The minimum atomic E-state index is -0.183. The Balaban J connectivity index is 2.62. The van der Waals surface area contributed by atoms with Crippen LogP contribution in [0.4, 0.5) is 4.39 Å². The maximum atomic E-state index is 13.1. The number of rotatable bonds is 10. The van der Waals surface area contributed by atoms with Crippen LogP contribution in [0.2, 0.25) is 0 Å². The van der Waals surface area contributed by atoms with Crippen molar-refractivity contribution in [1.82, 2.24) is 10.2 Å². The minimum Gasteiger partial charge on any atom is -0.383 e. The highest BCUT2D eigenvalue weighted by molar-refractivity contribution is 5.19. The van der Waals surface area contributed by atoms with Crippen molar-refractivity contribution in [2.24, 2.45) is 0 Å². The maximum absolute atomic E-state index is 13.1. The lowest BCUT2D eigenvalue weighted by Crippen LogP contribution is -2.36. The zero-order valence-electron chi connectivity index (χ0n) is 13.7. The van der Waals surface area contributed by atoms with E-state index < -0.39 is 0 Å². The molecule has 1 atom stereocenters. The minimum absolute atomic E-state index is 0.183. The fraction of sp³-hybridized carbons (Fsp3) is 0.647. The highest BCUT2D eigenvalue weighted by Crippen LogP contribution is 2.18. The van der Waals surface area contributed by atoms with Gasteiger partial charge in [-0.25, -0.2) is 4.39 Å². The quantitative estimate of drug-likeness (QED) is 0.717. The lowest BCUT2D eigenvalue weighted by atomic mass is 10.0. The molecule has 0 aliphatic rings. The van der Waals surface area contributed by atoms with Crippen molar-refractivity contribution in [1.29, 1.82) is 0 Å². The number of methoxy groups -OCH3 is 1. The molecule has 0 radical (unpaired) electrons. The van der Waals surface area contributed by atoms with E-state index >= 15 is 0 Å². The first-order valence-corrected chi connectivity index (χ1v) is 7.80. The fourth-order valence-electron chi connectivity index (χ4n) is 2.46. The van der Waals surface area contributed by atoms with Crippen LogP contribution < -0.4 is 5.32 Å². The number of hydrogen-bond acceptors (Lipinski definition) is 3. The summed E-state index contributed by atoms with van der Waals surface area (Å²) in [7, 11) is 1.73. The van der Waals surface area contributed by atoms with Gasteiger partial charge in [-0.3, -0.25) is 4.90 Å². The highest BCUT2D eigenvalue weighted by atomic mass is 19.1. The van der Waals surface area contributed by atoms with Crippen LogP contribution in [-0.2, 0) is 4.74 Å². The molecule has 0 amide bonds. The molecule has 120 valence electrons. The summed E-state index contributed by atoms with van der Waals surface area (Å²) in [4.78, 5) is 2.41. The average Bonchev–Trinajstić information content (AvgIpc) is 2.46. The number of benzene rings is 1. The van der Waals surface area contributed by atoms with E-state index in [2.05, 4.69) is 31.0 Å². The largest absolute Gasteiger partial charge is 0.383 e. The molecule has 0 saturated heterocycles. The highest BCUT2D eigenvalue weighted by Gasteiger charge is 2.14. The van der Waals surface area contributed by atoms with Crippen LogP contribution in [0.1, 0.15) is 38.8 Å². The molecule has 1 rings (SSSR count). The molecular weight excluding hydrogens is 267 g/mol. The van der Waals surface area contributed by atoms with Crippen LogP contribution in [0, 0.1) is 5.82 Å². The predicted molar refractivity (Wildman–Crippen MR) is 86.0 cm³/mol. The van der Waals surface area contributed by atoms with Gasteiger partial charge >= 0.3 is 0 Å². The first-order valence-electron chi connectivity index (χ1n) is 7.80. The zero-order chi connectivity index (χ0) is 15.7. The monoisotopic (exact) mass is 296 g/mol. The van der Waals surface area contributed by atoms with Crippen molar-refractivity contribution < 1.29 is 9.13 Å². The van der Waals surface area contributed by atoms with E-state index in [0.29, 0.717) is 6.04 Å². The SMILES string of the molecule is CCNC(CCN(CCOC)C(C)C)c1ccc(F)cc1. The third kappa shape index (κ3) is 6.55. The van der Waals surface area contributed by atoms with Gasteiger partial charge in [0.15, 0.2) is 0 Å². The van der Waals surface area contributed by atoms with E-state index in [-0.39, 0.29) is 11.9 Å². The Morgan fingerprint density at radius 3 is 2.38 bits per heavy atom. The normalized spacial score (nSPS) is 13.1. The van der Waals surface area contributed by atoms with Crippen molar-refractivity contribution in [3.63, 3.8) is 0 Å². The van der Waals surface area contributed by atoms with Gasteiger partial charge in [0.05, 0.1) is 6.61 Å². The summed E-state index contributed by atoms with van der Waals surface area (Å²) in [6.07, 6.45) is 1.00. The van der Waals surface area contributed by atoms with Crippen LogP contribution in [-0.4, -0.2) is 44.3 Å². The van der Waals surface area contributed by atoms with Gasteiger partial charge in [-0.1, -0.05) is 19.1 Å². The molecule has 0 bridgehead atoms. The standard InChI is InChI=1S/C17H29FN2O/c1-5-19-17(15-6-8-16(18)9-7-15)10-11-20(14(2)3)12-13-21-4/h6-9,14,17,19H,5,10-13H2,1-4H3. The number of halogens is 1. The van der Waals surface area contributed by atoms with Crippen LogP contribution >= 0.6 is 0 Å². The Morgan fingerprint density at radius 2 is 1.86 bits per heavy atom. The number of hydrogen-bond donors (Lipinski definition) is 1. The molecule has 0 aliphatic carbocycles. The molecule has 0 saturated carbocycles. The van der Waals surface area contributed by atoms with Crippen molar-refractivity contribution in [3.05, 3.63) is 35.6 Å². The molecule has 1 aromatic carbocycles. The van der Waals surface area contributed by atoms with Crippen molar-refractivity contribution in [2.75, 3.05) is 33.4 Å². The summed E-state index contributed by atoms with van der Waals surface area (Å²) in [6.45, 7) is 10.1. The van der Waals surface area contributed by atoms with Crippen LogP contribution in [0.3, 0.4) is 0 Å². The molecule has 1 unspecified atom stereocenters. The van der Waals surface area contributed by atoms with Crippen molar-refractivity contribution >= 4 is 0 Å². The third-order valence-corrected chi connectivity index (χ3v) is 3.74. The molecule has 0 aromatic heterocycles. The number of nitrogens with zero attached hydrogens (tertiary/aromatic N) is 1. The van der Waals surface area contributed by atoms with Crippen LogP contribution in [0.5, 0.6) is 0 Å². The van der Waals surface area contributed by atoms with Crippen molar-refractivity contribution in [3.8, 4) is 0 Å². The number of ether oxygens (including phenoxy) is 1. The Hall–Kier alpha value is -0.970. The Labute approximate surface area is 128 Å². The summed E-state index contributed by atoms with van der Waals surface area (Å²) in [5, 5.41) is 3.49. The third-order valence-electron chi connectivity index (χ3n) is 3.74. The van der Waals surface area contributed by atoms with Gasteiger partial charge in [0, 0.05) is 32.3 Å². The summed E-state index contributed by atoms with van der Waals surface area (Å²) in [5.74, 6) is -0.183. The molecular formula is C17H29FN2O. The molecule has 1 aromatic rings. The van der Waals surface area contributed by atoms with Crippen LogP contribution in [0.25, 0.3) is 0 Å². The average molecular weight is 296 g/mol. The maximum Gasteiger partial charge on any atom is 0.123 e. The second-order valence-corrected chi connectivity index (χ2v) is 5.57. The van der Waals surface area contributed by atoms with E-state index in [1.165, 1.54) is 12.1 Å². The Morgan fingerprint density at radius 1 is 1.19 bits per heavy atom. The molecule has 0 spiro atoms. The van der Waals surface area contributed by atoms with Gasteiger partial charge in [0.2, 0.25) is 0 Å². The van der Waals surface area contributed by atoms with Gasteiger partial charge in [0.25, 0.3) is 0 Å². The Bertz CT molecular complexity index is 381. The lowest BCUT2D eigenvalue weighted by Gasteiger charge is -2.28. The zero-order valence-corrected chi connectivity index (χ0v) is 13.7. The van der Waals surface area contributed by atoms with E-state index in [9.17, 15) is 4.39 Å². The smallest absolute Gasteiger partial charge is 0.123 e. The van der Waals surface area contributed by atoms with E-state index in [1.54, 1.807) is 7.11 Å². The van der Waals surface area contributed by atoms with Gasteiger partial charge in [-0.2, -0.15) is 0 Å². The first-order chi connectivity index (χ1) is 10.1. The van der Waals surface area contributed by atoms with Gasteiger partial charge in [-0.15, -0.1) is 0 Å². The molecule has 4 heteroatoms. The summed E-state index contributed by atoms with van der Waals surface area (Å²) < 4.78 is 18.2. The molecule has 1 N–H and O–H groups in total. The first kappa shape index (κ1) is 18.1.